The Morgan fingerprint density at radius 2 is 1.94 bits per heavy atom. The third-order valence-electron chi connectivity index (χ3n) is 1.94. The molecule has 0 aliphatic carbocycles. The number of rotatable bonds is 2. The van der Waals surface area contributed by atoms with E-state index in [1.807, 2.05) is 0 Å². The molecule has 82 valence electrons. The van der Waals surface area contributed by atoms with Gasteiger partial charge in [-0.2, -0.15) is 4.98 Å². The van der Waals surface area contributed by atoms with Gasteiger partial charge in [0.15, 0.2) is 0 Å². The summed E-state index contributed by atoms with van der Waals surface area (Å²) in [4.78, 5) is 10.7. The summed E-state index contributed by atoms with van der Waals surface area (Å²) in [6, 6.07) is 6.17. The molecule has 0 saturated carbocycles. The summed E-state index contributed by atoms with van der Waals surface area (Å²) in [7, 11) is 1.47. The maximum Gasteiger partial charge on any atom is 0.297 e. The van der Waals surface area contributed by atoms with E-state index in [-0.39, 0.29) is 16.6 Å². The summed E-state index contributed by atoms with van der Waals surface area (Å²) in [6.07, 6.45) is 0. The van der Waals surface area contributed by atoms with E-state index in [0.29, 0.717) is 11.4 Å². The molecule has 2 rings (SSSR count). The summed E-state index contributed by atoms with van der Waals surface area (Å²) in [5, 5.41) is 0. The highest BCUT2D eigenvalue weighted by atomic mass is 32.1. The summed E-state index contributed by atoms with van der Waals surface area (Å²) in [5.41, 5.74) is 0.716. The number of methoxy groups -OCH3 is 1. The van der Waals surface area contributed by atoms with Crippen molar-refractivity contribution in [3.63, 3.8) is 0 Å². The number of nitrogens with zero attached hydrogens (tertiary/aromatic N) is 2. The Bertz CT molecular complexity index is 553. The van der Waals surface area contributed by atoms with E-state index < -0.39 is 0 Å². The van der Waals surface area contributed by atoms with Gasteiger partial charge in [0.2, 0.25) is 4.77 Å². The molecule has 4 nitrogen and oxygen atoms in total. The molecule has 0 amide bonds. The number of ether oxygens (including phenoxy) is 1. The second-order valence-corrected chi connectivity index (χ2v) is 3.36. The lowest BCUT2D eigenvalue weighted by molar-refractivity contribution is 0.378. The molecular formula is C10H8FN3OS. The minimum Gasteiger partial charge on any atom is -0.468 e. The van der Waals surface area contributed by atoms with E-state index in [1.165, 1.54) is 19.2 Å². The average Bonchev–Trinajstić information content (AvgIpc) is 2.29. The molecule has 0 spiro atoms. The van der Waals surface area contributed by atoms with Gasteiger partial charge in [-0.25, -0.2) is 9.37 Å². The topological polar surface area (TPSA) is 50.8 Å². The molecule has 0 aliphatic rings. The standard InChI is InChI=1S/C10H8FN3OS/c1-15-9-12-8(13-10(16)14-9)6-2-4-7(11)5-3-6/h2-5H,1H3,(H,12,13,14,16). The van der Waals surface area contributed by atoms with Crippen molar-refractivity contribution in [3.05, 3.63) is 34.9 Å². The number of hydrogen-bond acceptors (Lipinski definition) is 4. The molecule has 0 fully saturated rings. The van der Waals surface area contributed by atoms with Gasteiger partial charge >= 0.3 is 0 Å². The number of nitrogens with one attached hydrogen (secondary N) is 1. The maximum absolute atomic E-state index is 12.7. The van der Waals surface area contributed by atoms with Crippen molar-refractivity contribution in [2.75, 3.05) is 7.11 Å². The lowest BCUT2D eigenvalue weighted by Gasteiger charge is -2.03. The smallest absolute Gasteiger partial charge is 0.297 e. The lowest BCUT2D eigenvalue weighted by atomic mass is 10.2. The molecule has 0 unspecified atom stereocenters. The molecule has 1 N–H and O–H groups in total. The number of hydrogen-bond donors (Lipinski definition) is 1. The first-order chi connectivity index (χ1) is 7.69. The van der Waals surface area contributed by atoms with Crippen LogP contribution >= 0.6 is 12.2 Å². The Morgan fingerprint density at radius 3 is 2.56 bits per heavy atom. The number of aromatic amines is 1. The molecule has 1 aromatic heterocycles. The van der Waals surface area contributed by atoms with Crippen molar-refractivity contribution in [2.24, 2.45) is 0 Å². The van der Waals surface area contributed by atoms with Crippen molar-refractivity contribution < 1.29 is 9.13 Å². The third-order valence-corrected chi connectivity index (χ3v) is 2.12. The van der Waals surface area contributed by atoms with Crippen molar-refractivity contribution in [1.82, 2.24) is 15.0 Å². The number of benzene rings is 1. The van der Waals surface area contributed by atoms with Gasteiger partial charge in [-0.05, 0) is 36.5 Å². The van der Waals surface area contributed by atoms with Crippen LogP contribution < -0.4 is 4.74 Å². The molecule has 0 bridgehead atoms. The van der Waals surface area contributed by atoms with Crippen LogP contribution in [-0.4, -0.2) is 22.1 Å². The molecule has 1 aromatic carbocycles. The zero-order valence-corrected chi connectivity index (χ0v) is 9.21. The molecule has 0 aliphatic heterocycles. The fraction of sp³-hybridized carbons (Fsp3) is 0.100. The second-order valence-electron chi connectivity index (χ2n) is 3.00. The highest BCUT2D eigenvalue weighted by Gasteiger charge is 2.03. The van der Waals surface area contributed by atoms with Crippen LogP contribution in [0.4, 0.5) is 4.39 Å². The van der Waals surface area contributed by atoms with Gasteiger partial charge in [0.25, 0.3) is 6.01 Å². The SMILES string of the molecule is COc1nc(=S)nc(-c2ccc(F)cc2)[nH]1. The van der Waals surface area contributed by atoms with Gasteiger partial charge < -0.3 is 4.74 Å². The molecule has 0 radical (unpaired) electrons. The van der Waals surface area contributed by atoms with Crippen molar-refractivity contribution in [2.45, 2.75) is 0 Å². The summed E-state index contributed by atoms with van der Waals surface area (Å²) in [5.74, 6) is 0.195. The molecule has 0 saturated heterocycles. The number of halogens is 1. The lowest BCUT2D eigenvalue weighted by Crippen LogP contribution is -1.97. The molecule has 16 heavy (non-hydrogen) atoms. The Hall–Kier alpha value is -1.82. The molecule has 0 atom stereocenters. The fourth-order valence-electron chi connectivity index (χ4n) is 1.21. The Balaban J connectivity index is 2.51. The van der Waals surface area contributed by atoms with Crippen LogP contribution in [-0.2, 0) is 0 Å². The highest BCUT2D eigenvalue weighted by Crippen LogP contribution is 2.16. The van der Waals surface area contributed by atoms with Crippen molar-refractivity contribution in [1.29, 1.82) is 0 Å². The predicted octanol–water partition coefficient (Wildman–Crippen LogP) is 2.35. The van der Waals surface area contributed by atoms with E-state index >= 15 is 0 Å². The second kappa shape index (κ2) is 4.36. The molecule has 2 aromatic rings. The highest BCUT2D eigenvalue weighted by molar-refractivity contribution is 7.71. The van der Waals surface area contributed by atoms with Gasteiger partial charge in [0, 0.05) is 5.56 Å². The number of aromatic nitrogens is 3. The van der Waals surface area contributed by atoms with Gasteiger partial charge in [0.05, 0.1) is 7.11 Å². The minimum absolute atomic E-state index is 0.176. The molecule has 1 heterocycles. The van der Waals surface area contributed by atoms with Crippen molar-refractivity contribution in [3.8, 4) is 17.4 Å². The van der Waals surface area contributed by atoms with E-state index in [9.17, 15) is 4.39 Å². The summed E-state index contributed by atoms with van der Waals surface area (Å²) < 4.78 is 17.8. The molecular weight excluding hydrogens is 229 g/mol. The van der Waals surface area contributed by atoms with Gasteiger partial charge in [0.1, 0.15) is 11.6 Å². The zero-order chi connectivity index (χ0) is 11.5. The van der Waals surface area contributed by atoms with E-state index in [4.69, 9.17) is 17.0 Å². The van der Waals surface area contributed by atoms with Crippen LogP contribution in [0.25, 0.3) is 11.4 Å². The van der Waals surface area contributed by atoms with E-state index in [0.717, 1.165) is 0 Å². The van der Waals surface area contributed by atoms with E-state index in [2.05, 4.69) is 15.0 Å². The quantitative estimate of drug-likeness (QED) is 0.814. The van der Waals surface area contributed by atoms with Crippen LogP contribution in [0.2, 0.25) is 0 Å². The van der Waals surface area contributed by atoms with Crippen LogP contribution in [0.3, 0.4) is 0 Å². The first-order valence-corrected chi connectivity index (χ1v) is 4.88. The van der Waals surface area contributed by atoms with Gasteiger partial charge in [-0.3, -0.25) is 4.98 Å². The summed E-state index contributed by atoms with van der Waals surface area (Å²) >= 11 is 4.88. The zero-order valence-electron chi connectivity index (χ0n) is 8.40. The Kier molecular flexibility index (Phi) is 2.91. The monoisotopic (exact) mass is 237 g/mol. The van der Waals surface area contributed by atoms with Crippen molar-refractivity contribution >= 4 is 12.2 Å². The third kappa shape index (κ3) is 2.22. The average molecular weight is 237 g/mol. The van der Waals surface area contributed by atoms with Gasteiger partial charge in [-0.1, -0.05) is 0 Å². The van der Waals surface area contributed by atoms with Crippen LogP contribution in [0.15, 0.2) is 24.3 Å². The largest absolute Gasteiger partial charge is 0.468 e. The Labute approximate surface area is 96.2 Å². The first-order valence-electron chi connectivity index (χ1n) is 4.47. The van der Waals surface area contributed by atoms with Crippen LogP contribution in [0.1, 0.15) is 0 Å². The summed E-state index contributed by atoms with van der Waals surface area (Å²) in [6.45, 7) is 0. The minimum atomic E-state index is -0.302. The maximum atomic E-state index is 12.7. The first kappa shape index (κ1) is 10.7. The fourth-order valence-corrected chi connectivity index (χ4v) is 1.38. The predicted molar refractivity (Wildman–Crippen MR) is 59.2 cm³/mol. The van der Waals surface area contributed by atoms with Crippen LogP contribution in [0, 0.1) is 10.6 Å². The van der Waals surface area contributed by atoms with Gasteiger partial charge in [-0.15, -0.1) is 0 Å². The number of H-pyrrole nitrogens is 1. The van der Waals surface area contributed by atoms with E-state index in [1.54, 1.807) is 12.1 Å². The normalized spacial score (nSPS) is 10.1. The van der Waals surface area contributed by atoms with Crippen LogP contribution in [0.5, 0.6) is 6.01 Å². The molecule has 6 heteroatoms. The Morgan fingerprint density at radius 1 is 1.25 bits per heavy atom.